The normalized spacial score (nSPS) is 18.0. The second-order valence-corrected chi connectivity index (χ2v) is 7.14. The molecule has 1 atom stereocenters. The highest BCUT2D eigenvalue weighted by Gasteiger charge is 2.31. The lowest BCUT2D eigenvalue weighted by Gasteiger charge is -2.38. The number of nitrogens with zero attached hydrogens (tertiary/aromatic N) is 2. The lowest BCUT2D eigenvalue weighted by molar-refractivity contribution is -0.119. The van der Waals surface area contributed by atoms with Crippen LogP contribution in [0.5, 0.6) is 0 Å². The molecule has 4 heteroatoms. The SMILES string of the molecule is NC(CC(=O)N1CCN(CC2CC2)c2ccccc21)c1ccccc1. The zero-order valence-corrected chi connectivity index (χ0v) is 14.5. The fourth-order valence-corrected chi connectivity index (χ4v) is 3.60. The summed E-state index contributed by atoms with van der Waals surface area (Å²) in [6.07, 6.45) is 3.02. The third-order valence-electron chi connectivity index (χ3n) is 5.21. The van der Waals surface area contributed by atoms with Gasteiger partial charge in [0, 0.05) is 32.1 Å². The first-order valence-electron chi connectivity index (χ1n) is 9.17. The van der Waals surface area contributed by atoms with Crippen LogP contribution >= 0.6 is 0 Å². The molecule has 1 unspecified atom stereocenters. The maximum absolute atomic E-state index is 12.9. The highest BCUT2D eigenvalue weighted by atomic mass is 16.2. The molecule has 0 bridgehead atoms. The van der Waals surface area contributed by atoms with Gasteiger partial charge in [-0.1, -0.05) is 42.5 Å². The van der Waals surface area contributed by atoms with E-state index >= 15 is 0 Å². The first-order chi connectivity index (χ1) is 12.2. The van der Waals surface area contributed by atoms with Crippen molar-refractivity contribution >= 4 is 17.3 Å². The average molecular weight is 335 g/mol. The number of carbonyl (C=O) groups excluding carboxylic acids is 1. The van der Waals surface area contributed by atoms with Crippen molar-refractivity contribution in [1.29, 1.82) is 0 Å². The Morgan fingerprint density at radius 1 is 1.00 bits per heavy atom. The summed E-state index contributed by atoms with van der Waals surface area (Å²) in [6, 6.07) is 17.9. The summed E-state index contributed by atoms with van der Waals surface area (Å²) in [4.78, 5) is 17.3. The smallest absolute Gasteiger partial charge is 0.229 e. The zero-order chi connectivity index (χ0) is 17.2. The van der Waals surface area contributed by atoms with Crippen LogP contribution in [0.2, 0.25) is 0 Å². The number of carbonyl (C=O) groups is 1. The monoisotopic (exact) mass is 335 g/mol. The predicted molar refractivity (Wildman–Crippen MR) is 102 cm³/mol. The van der Waals surface area contributed by atoms with Crippen molar-refractivity contribution < 1.29 is 4.79 Å². The number of hydrogen-bond acceptors (Lipinski definition) is 3. The van der Waals surface area contributed by atoms with Gasteiger partial charge in [-0.05, 0) is 36.5 Å². The standard InChI is InChI=1S/C21H25N3O/c22-18(17-6-2-1-3-7-17)14-21(25)24-13-12-23(15-16-10-11-16)19-8-4-5-9-20(19)24/h1-9,16,18H,10-15,22H2. The summed E-state index contributed by atoms with van der Waals surface area (Å²) in [5, 5.41) is 0. The minimum absolute atomic E-state index is 0.106. The maximum atomic E-state index is 12.9. The van der Waals surface area contributed by atoms with E-state index in [9.17, 15) is 4.79 Å². The minimum atomic E-state index is -0.259. The van der Waals surface area contributed by atoms with Crippen LogP contribution in [0, 0.1) is 5.92 Å². The topological polar surface area (TPSA) is 49.6 Å². The van der Waals surface area contributed by atoms with E-state index in [1.165, 1.54) is 18.5 Å². The molecule has 1 saturated carbocycles. The van der Waals surface area contributed by atoms with Crippen molar-refractivity contribution in [3.63, 3.8) is 0 Å². The van der Waals surface area contributed by atoms with Gasteiger partial charge < -0.3 is 15.5 Å². The number of nitrogens with two attached hydrogens (primary N) is 1. The van der Waals surface area contributed by atoms with Gasteiger partial charge in [0.2, 0.25) is 5.91 Å². The second-order valence-electron chi connectivity index (χ2n) is 7.14. The van der Waals surface area contributed by atoms with E-state index in [4.69, 9.17) is 5.73 Å². The molecule has 2 aliphatic rings. The number of rotatable bonds is 5. The first kappa shape index (κ1) is 16.2. The van der Waals surface area contributed by atoms with Gasteiger partial charge in [0.15, 0.2) is 0 Å². The highest BCUT2D eigenvalue weighted by Crippen LogP contribution is 2.37. The second kappa shape index (κ2) is 6.89. The Morgan fingerprint density at radius 2 is 1.68 bits per heavy atom. The largest absolute Gasteiger partial charge is 0.368 e. The molecule has 130 valence electrons. The van der Waals surface area contributed by atoms with Crippen molar-refractivity contribution in [3.8, 4) is 0 Å². The molecule has 0 radical (unpaired) electrons. The summed E-state index contributed by atoms with van der Waals surface area (Å²) in [5.41, 5.74) is 9.49. The molecule has 4 nitrogen and oxygen atoms in total. The van der Waals surface area contributed by atoms with Crippen molar-refractivity contribution in [2.24, 2.45) is 11.7 Å². The molecule has 0 aromatic heterocycles. The number of anilines is 2. The third-order valence-corrected chi connectivity index (χ3v) is 5.21. The van der Waals surface area contributed by atoms with Gasteiger partial charge in [-0.3, -0.25) is 4.79 Å². The zero-order valence-electron chi connectivity index (χ0n) is 14.5. The Kier molecular flexibility index (Phi) is 4.45. The molecule has 1 aliphatic heterocycles. The first-order valence-corrected chi connectivity index (χ1v) is 9.17. The lowest BCUT2D eigenvalue weighted by Crippen LogP contribution is -2.45. The number of para-hydroxylation sites is 2. The van der Waals surface area contributed by atoms with E-state index in [0.29, 0.717) is 6.42 Å². The maximum Gasteiger partial charge on any atom is 0.229 e. The minimum Gasteiger partial charge on any atom is -0.368 e. The van der Waals surface area contributed by atoms with E-state index in [1.807, 2.05) is 41.3 Å². The van der Waals surface area contributed by atoms with Gasteiger partial charge in [0.1, 0.15) is 0 Å². The van der Waals surface area contributed by atoms with Crippen LogP contribution in [0.25, 0.3) is 0 Å². The molecule has 1 fully saturated rings. The predicted octanol–water partition coefficient (Wildman–Crippen LogP) is 3.34. The summed E-state index contributed by atoms with van der Waals surface area (Å²) < 4.78 is 0. The van der Waals surface area contributed by atoms with Crippen molar-refractivity contribution in [3.05, 3.63) is 60.2 Å². The molecule has 2 aromatic rings. The summed E-state index contributed by atoms with van der Waals surface area (Å²) >= 11 is 0. The van der Waals surface area contributed by atoms with Gasteiger partial charge >= 0.3 is 0 Å². The molecule has 2 aromatic carbocycles. The number of fused-ring (bicyclic) bond motifs is 1. The van der Waals surface area contributed by atoms with E-state index < -0.39 is 0 Å². The van der Waals surface area contributed by atoms with Crippen LogP contribution in [0.1, 0.15) is 30.9 Å². The number of amides is 1. The molecule has 0 spiro atoms. The Labute approximate surface area is 149 Å². The van der Waals surface area contributed by atoms with E-state index in [2.05, 4.69) is 23.1 Å². The van der Waals surface area contributed by atoms with E-state index in [0.717, 1.165) is 36.8 Å². The van der Waals surface area contributed by atoms with Crippen molar-refractivity contribution in [2.75, 3.05) is 29.4 Å². The Bertz CT molecular complexity index is 742. The molecule has 1 heterocycles. The quantitative estimate of drug-likeness (QED) is 0.912. The molecule has 25 heavy (non-hydrogen) atoms. The Morgan fingerprint density at radius 3 is 2.40 bits per heavy atom. The lowest BCUT2D eigenvalue weighted by atomic mass is 10.0. The average Bonchev–Trinajstić information content (AvgIpc) is 3.46. The molecule has 0 saturated heterocycles. The van der Waals surface area contributed by atoms with Gasteiger partial charge in [0.05, 0.1) is 11.4 Å². The van der Waals surface area contributed by atoms with Crippen LogP contribution in [-0.4, -0.2) is 25.5 Å². The Balaban J connectivity index is 1.50. The fourth-order valence-electron chi connectivity index (χ4n) is 3.60. The summed E-state index contributed by atoms with van der Waals surface area (Å²) in [7, 11) is 0. The molecular weight excluding hydrogens is 310 g/mol. The summed E-state index contributed by atoms with van der Waals surface area (Å²) in [5.74, 6) is 0.941. The molecule has 4 rings (SSSR count). The van der Waals surface area contributed by atoms with Gasteiger partial charge in [0.25, 0.3) is 0 Å². The van der Waals surface area contributed by atoms with Crippen molar-refractivity contribution in [2.45, 2.75) is 25.3 Å². The van der Waals surface area contributed by atoms with Crippen LogP contribution in [0.15, 0.2) is 54.6 Å². The number of hydrogen-bond donors (Lipinski definition) is 1. The van der Waals surface area contributed by atoms with Gasteiger partial charge in [-0.2, -0.15) is 0 Å². The third kappa shape index (κ3) is 3.54. The molecular formula is C21H25N3O. The van der Waals surface area contributed by atoms with E-state index in [1.54, 1.807) is 0 Å². The summed E-state index contributed by atoms with van der Waals surface area (Å²) in [6.45, 7) is 2.76. The van der Waals surface area contributed by atoms with Gasteiger partial charge in [-0.15, -0.1) is 0 Å². The highest BCUT2D eigenvalue weighted by molar-refractivity contribution is 5.98. The Hall–Kier alpha value is -2.33. The van der Waals surface area contributed by atoms with Crippen LogP contribution in [-0.2, 0) is 4.79 Å². The fraction of sp³-hybridized carbons (Fsp3) is 0.381. The van der Waals surface area contributed by atoms with Crippen molar-refractivity contribution in [1.82, 2.24) is 0 Å². The molecule has 1 amide bonds. The van der Waals surface area contributed by atoms with Crippen LogP contribution in [0.3, 0.4) is 0 Å². The van der Waals surface area contributed by atoms with Gasteiger partial charge in [-0.25, -0.2) is 0 Å². The van der Waals surface area contributed by atoms with Crippen LogP contribution < -0.4 is 15.5 Å². The molecule has 1 aliphatic carbocycles. The van der Waals surface area contributed by atoms with Crippen LogP contribution in [0.4, 0.5) is 11.4 Å². The number of benzene rings is 2. The van der Waals surface area contributed by atoms with E-state index in [-0.39, 0.29) is 11.9 Å². The molecule has 2 N–H and O–H groups in total.